The number of rotatable bonds is 4. The lowest BCUT2D eigenvalue weighted by Gasteiger charge is -2.28. The van der Waals surface area contributed by atoms with Gasteiger partial charge in [-0.2, -0.15) is 13.2 Å². The highest BCUT2D eigenvalue weighted by Gasteiger charge is 2.39. The van der Waals surface area contributed by atoms with E-state index in [0.29, 0.717) is 25.5 Å². The molecular weight excluding hydrogens is 283 g/mol. The number of hydrogen-bond donors (Lipinski definition) is 1. The monoisotopic (exact) mass is 305 g/mol. The fourth-order valence-corrected chi connectivity index (χ4v) is 2.37. The van der Waals surface area contributed by atoms with Gasteiger partial charge in [-0.15, -0.1) is 10.2 Å². The van der Waals surface area contributed by atoms with Crippen LogP contribution in [0.1, 0.15) is 38.8 Å². The first-order valence-electron chi connectivity index (χ1n) is 7.13. The highest BCUT2D eigenvalue weighted by atomic mass is 19.4. The molecule has 1 aliphatic heterocycles. The van der Waals surface area contributed by atoms with E-state index < -0.39 is 12.0 Å². The summed E-state index contributed by atoms with van der Waals surface area (Å²) >= 11 is 0. The number of fused-ring (bicyclic) bond motifs is 1. The van der Waals surface area contributed by atoms with Crippen LogP contribution in [0.5, 0.6) is 0 Å². The summed E-state index contributed by atoms with van der Waals surface area (Å²) in [5.41, 5.74) is 0.0870. The molecule has 0 fully saturated rings. The van der Waals surface area contributed by atoms with Crippen LogP contribution < -0.4 is 5.32 Å². The summed E-state index contributed by atoms with van der Waals surface area (Å²) in [6, 6.07) is 0. The molecule has 0 amide bonds. The van der Waals surface area contributed by atoms with Crippen LogP contribution in [-0.2, 0) is 19.3 Å². The molecule has 8 heteroatoms. The third-order valence-corrected chi connectivity index (χ3v) is 3.39. The number of alkyl halides is 3. The van der Waals surface area contributed by atoms with Crippen LogP contribution in [0.3, 0.4) is 0 Å². The minimum atomic E-state index is -4.43. The van der Waals surface area contributed by atoms with Crippen molar-refractivity contribution < 1.29 is 13.2 Å². The molecule has 0 aliphatic carbocycles. The Morgan fingerprint density at radius 2 is 1.86 bits per heavy atom. The highest BCUT2D eigenvalue weighted by Crippen LogP contribution is 2.29. The van der Waals surface area contributed by atoms with Crippen LogP contribution in [0, 0.1) is 0 Å². The fourth-order valence-electron chi connectivity index (χ4n) is 2.37. The highest BCUT2D eigenvalue weighted by molar-refractivity contribution is 5.02. The lowest BCUT2D eigenvalue weighted by Crippen LogP contribution is -2.39. The number of hydrogen-bond acceptors (Lipinski definition) is 4. The van der Waals surface area contributed by atoms with E-state index in [1.165, 1.54) is 4.57 Å². The molecule has 0 radical (unpaired) electrons. The van der Waals surface area contributed by atoms with Gasteiger partial charge in [0, 0.05) is 18.6 Å². The Bertz CT molecular complexity index is 475. The first-order valence-corrected chi connectivity index (χ1v) is 7.13. The Balaban J connectivity index is 1.85. The van der Waals surface area contributed by atoms with Crippen LogP contribution in [0.2, 0.25) is 0 Å². The predicted octanol–water partition coefficient (Wildman–Crippen LogP) is 1.89. The molecule has 0 unspecified atom stereocenters. The maximum absolute atomic E-state index is 12.7. The summed E-state index contributed by atoms with van der Waals surface area (Å²) in [6.07, 6.45) is -3.47. The van der Waals surface area contributed by atoms with E-state index in [1.54, 1.807) is 0 Å². The van der Waals surface area contributed by atoms with Crippen molar-refractivity contribution >= 4 is 0 Å². The van der Waals surface area contributed by atoms with E-state index in [-0.39, 0.29) is 5.54 Å². The van der Waals surface area contributed by atoms with Crippen molar-refractivity contribution in [3.8, 4) is 0 Å². The first-order chi connectivity index (χ1) is 9.67. The molecule has 0 saturated heterocycles. The molecule has 0 saturated carbocycles. The summed E-state index contributed by atoms with van der Waals surface area (Å²) in [4.78, 5) is 2.12. The van der Waals surface area contributed by atoms with Gasteiger partial charge in [0.15, 0.2) is 0 Å². The van der Waals surface area contributed by atoms with Crippen molar-refractivity contribution in [1.29, 1.82) is 0 Å². The third-order valence-electron chi connectivity index (χ3n) is 3.39. The van der Waals surface area contributed by atoms with Crippen LogP contribution in [0.15, 0.2) is 0 Å². The molecular formula is C13H22F3N5. The Kier molecular flexibility index (Phi) is 4.57. The average Bonchev–Trinajstić information content (AvgIpc) is 2.76. The second-order valence-electron chi connectivity index (χ2n) is 6.40. The maximum atomic E-state index is 12.7. The van der Waals surface area contributed by atoms with Crippen molar-refractivity contribution in [3.05, 3.63) is 11.6 Å². The molecule has 0 bridgehead atoms. The summed E-state index contributed by atoms with van der Waals surface area (Å²) in [7, 11) is 0. The van der Waals surface area contributed by atoms with Crippen LogP contribution in [-0.4, -0.2) is 44.8 Å². The van der Waals surface area contributed by atoms with E-state index in [2.05, 4.69) is 41.2 Å². The van der Waals surface area contributed by atoms with Crippen LogP contribution in [0.4, 0.5) is 13.2 Å². The van der Waals surface area contributed by atoms with Gasteiger partial charge >= 0.3 is 6.18 Å². The van der Waals surface area contributed by atoms with Gasteiger partial charge in [0.25, 0.3) is 0 Å². The summed E-state index contributed by atoms with van der Waals surface area (Å²) in [5, 5.41) is 10.4. The van der Waals surface area contributed by atoms with Gasteiger partial charge < -0.3 is 9.88 Å². The van der Waals surface area contributed by atoms with Crippen LogP contribution in [0.25, 0.3) is 0 Å². The average molecular weight is 305 g/mol. The van der Waals surface area contributed by atoms with Gasteiger partial charge in [0.1, 0.15) is 5.82 Å². The molecule has 0 atom stereocenters. The number of nitrogens with one attached hydrogen (secondary N) is 1. The standard InChI is InChI=1S/C13H22F3N5/c1-12(2,3)17-5-4-6-20-7-8-21-10(9-20)18-19-11(21)13(14,15)16/h17H,4-9H2,1-3H3. The number of aromatic nitrogens is 3. The molecule has 2 rings (SSSR count). The van der Waals surface area contributed by atoms with Crippen molar-refractivity contribution in [2.24, 2.45) is 0 Å². The molecule has 1 aromatic rings. The van der Waals surface area contributed by atoms with Crippen molar-refractivity contribution in [3.63, 3.8) is 0 Å². The topological polar surface area (TPSA) is 46.0 Å². The van der Waals surface area contributed by atoms with Gasteiger partial charge in [0.2, 0.25) is 5.82 Å². The lowest BCUT2D eigenvalue weighted by molar-refractivity contribution is -0.148. The Labute approximate surface area is 122 Å². The predicted molar refractivity (Wildman–Crippen MR) is 72.7 cm³/mol. The van der Waals surface area contributed by atoms with Crippen molar-refractivity contribution in [1.82, 2.24) is 25.0 Å². The van der Waals surface area contributed by atoms with E-state index in [0.717, 1.165) is 19.5 Å². The van der Waals surface area contributed by atoms with Gasteiger partial charge in [-0.05, 0) is 40.3 Å². The van der Waals surface area contributed by atoms with Crippen molar-refractivity contribution in [2.45, 2.75) is 52.0 Å². The zero-order chi connectivity index (χ0) is 15.7. The Hall–Kier alpha value is -1.15. The molecule has 120 valence electrons. The minimum absolute atomic E-state index is 0.0870. The molecule has 1 N–H and O–H groups in total. The minimum Gasteiger partial charge on any atom is -0.312 e. The Morgan fingerprint density at radius 3 is 2.48 bits per heavy atom. The molecule has 5 nitrogen and oxygen atoms in total. The third kappa shape index (κ3) is 4.41. The van der Waals surface area contributed by atoms with Gasteiger partial charge in [-0.1, -0.05) is 0 Å². The normalized spacial score (nSPS) is 17.0. The van der Waals surface area contributed by atoms with Crippen LogP contribution >= 0.6 is 0 Å². The zero-order valence-corrected chi connectivity index (χ0v) is 12.7. The smallest absolute Gasteiger partial charge is 0.312 e. The second-order valence-corrected chi connectivity index (χ2v) is 6.40. The lowest BCUT2D eigenvalue weighted by atomic mass is 10.1. The van der Waals surface area contributed by atoms with Gasteiger partial charge in [0.05, 0.1) is 6.54 Å². The summed E-state index contributed by atoms with van der Waals surface area (Å²) in [5.74, 6) is -0.482. The quantitative estimate of drug-likeness (QED) is 0.863. The zero-order valence-electron chi connectivity index (χ0n) is 12.7. The molecule has 21 heavy (non-hydrogen) atoms. The summed E-state index contributed by atoms with van der Waals surface area (Å²) < 4.78 is 39.3. The molecule has 1 aliphatic rings. The van der Waals surface area contributed by atoms with Gasteiger partial charge in [-0.3, -0.25) is 4.90 Å². The van der Waals surface area contributed by atoms with Crippen molar-refractivity contribution in [2.75, 3.05) is 19.6 Å². The first kappa shape index (κ1) is 16.2. The SMILES string of the molecule is CC(C)(C)NCCCN1CCn2c(nnc2C(F)(F)F)C1. The molecule has 0 spiro atoms. The van der Waals surface area contributed by atoms with E-state index in [4.69, 9.17) is 0 Å². The number of halogens is 3. The Morgan fingerprint density at radius 1 is 1.14 bits per heavy atom. The number of nitrogens with zero attached hydrogens (tertiary/aromatic N) is 4. The molecule has 2 heterocycles. The molecule has 0 aromatic carbocycles. The summed E-state index contributed by atoms with van der Waals surface area (Å²) in [6.45, 7) is 9.38. The van der Waals surface area contributed by atoms with E-state index in [1.807, 2.05) is 0 Å². The van der Waals surface area contributed by atoms with Gasteiger partial charge in [-0.25, -0.2) is 0 Å². The van der Waals surface area contributed by atoms with E-state index >= 15 is 0 Å². The van der Waals surface area contributed by atoms with E-state index in [9.17, 15) is 13.2 Å². The largest absolute Gasteiger partial charge is 0.451 e. The maximum Gasteiger partial charge on any atom is 0.451 e. The molecule has 1 aromatic heterocycles. The second kappa shape index (κ2) is 5.92. The fraction of sp³-hybridized carbons (Fsp3) is 0.846.